The highest BCUT2D eigenvalue weighted by Gasteiger charge is 2.37. The normalized spacial score (nSPS) is 20.8. The van der Waals surface area contributed by atoms with Crippen LogP contribution < -0.4 is 5.56 Å². The number of benzene rings is 1. The minimum Gasteiger partial charge on any atom is -0.464 e. The predicted molar refractivity (Wildman–Crippen MR) is 110 cm³/mol. The van der Waals surface area contributed by atoms with Crippen molar-refractivity contribution >= 4 is 16.8 Å². The molecule has 0 saturated heterocycles. The van der Waals surface area contributed by atoms with Crippen molar-refractivity contribution in [3.8, 4) is 0 Å². The van der Waals surface area contributed by atoms with Gasteiger partial charge in [0.15, 0.2) is 0 Å². The summed E-state index contributed by atoms with van der Waals surface area (Å²) in [6, 6.07) is 11.5. The number of para-hydroxylation sites is 1. The summed E-state index contributed by atoms with van der Waals surface area (Å²) in [5.74, 6) is 3.55. The number of carbonyl (C=O) groups excluding carboxylic acids is 1. The van der Waals surface area contributed by atoms with Crippen LogP contribution in [0.25, 0.3) is 10.9 Å². The second-order valence-corrected chi connectivity index (χ2v) is 8.44. The second kappa shape index (κ2) is 6.87. The molecule has 2 heterocycles. The number of hydrogen-bond acceptors (Lipinski definition) is 4. The zero-order chi connectivity index (χ0) is 20.1. The van der Waals surface area contributed by atoms with Crippen LogP contribution in [0.1, 0.15) is 49.4 Å². The summed E-state index contributed by atoms with van der Waals surface area (Å²) in [6.07, 6.45) is 3.18. The summed E-state index contributed by atoms with van der Waals surface area (Å²) in [5, 5.41) is 0.540. The lowest BCUT2D eigenvalue weighted by Crippen LogP contribution is -2.38. The average molecular weight is 391 g/mol. The molecule has 5 rings (SSSR count). The van der Waals surface area contributed by atoms with E-state index >= 15 is 0 Å². The standard InChI is InChI=1S/C23H25N3O3/c1-14-11-19(14)21-10-9-17(29-21)12-26(16-7-8-16)22(27)13-25-15(2)24-20-6-4-3-5-18(20)23(25)28/h3-6,9-10,14,16,19H,7-8,11-13H2,1-2H3. The van der Waals surface area contributed by atoms with Crippen molar-refractivity contribution in [1.29, 1.82) is 0 Å². The maximum atomic E-state index is 13.1. The molecule has 1 amide bonds. The Morgan fingerprint density at radius 2 is 2.00 bits per heavy atom. The molecule has 0 aliphatic heterocycles. The molecule has 0 spiro atoms. The van der Waals surface area contributed by atoms with Gasteiger partial charge in [0.05, 0.1) is 17.4 Å². The molecule has 29 heavy (non-hydrogen) atoms. The summed E-state index contributed by atoms with van der Waals surface area (Å²) in [7, 11) is 0. The Labute approximate surface area is 169 Å². The molecule has 6 nitrogen and oxygen atoms in total. The number of amides is 1. The summed E-state index contributed by atoms with van der Waals surface area (Å²) in [4.78, 5) is 32.4. The van der Waals surface area contributed by atoms with Gasteiger partial charge < -0.3 is 9.32 Å². The van der Waals surface area contributed by atoms with Gasteiger partial charge in [-0.2, -0.15) is 0 Å². The molecule has 2 fully saturated rings. The number of nitrogens with zero attached hydrogens (tertiary/aromatic N) is 3. The predicted octanol–water partition coefficient (Wildman–Crippen LogP) is 3.61. The maximum Gasteiger partial charge on any atom is 0.261 e. The summed E-state index contributed by atoms with van der Waals surface area (Å²) >= 11 is 0. The number of fused-ring (bicyclic) bond motifs is 1. The minimum atomic E-state index is -0.166. The molecule has 2 unspecified atom stereocenters. The monoisotopic (exact) mass is 391 g/mol. The van der Waals surface area contributed by atoms with Crippen molar-refractivity contribution < 1.29 is 9.21 Å². The number of furan rings is 1. The summed E-state index contributed by atoms with van der Waals surface area (Å²) in [5.41, 5.74) is 0.496. The van der Waals surface area contributed by atoms with Gasteiger partial charge in [-0.3, -0.25) is 14.2 Å². The zero-order valence-corrected chi connectivity index (χ0v) is 16.8. The first-order chi connectivity index (χ1) is 14.0. The molecule has 2 atom stereocenters. The topological polar surface area (TPSA) is 68.3 Å². The van der Waals surface area contributed by atoms with Crippen molar-refractivity contribution in [3.05, 3.63) is 64.1 Å². The van der Waals surface area contributed by atoms with Crippen molar-refractivity contribution in [2.24, 2.45) is 5.92 Å². The van der Waals surface area contributed by atoms with Crippen LogP contribution in [-0.4, -0.2) is 26.4 Å². The first-order valence-corrected chi connectivity index (χ1v) is 10.4. The Morgan fingerprint density at radius 1 is 1.24 bits per heavy atom. The molecule has 3 aromatic rings. The molecule has 6 heteroatoms. The molecule has 2 aromatic heterocycles. The van der Waals surface area contributed by atoms with Gasteiger partial charge in [-0.25, -0.2) is 4.98 Å². The highest BCUT2D eigenvalue weighted by molar-refractivity contribution is 5.79. The van der Waals surface area contributed by atoms with Gasteiger partial charge in [0.1, 0.15) is 23.9 Å². The van der Waals surface area contributed by atoms with Crippen molar-refractivity contribution in [1.82, 2.24) is 14.5 Å². The first-order valence-electron chi connectivity index (χ1n) is 10.4. The quantitative estimate of drug-likeness (QED) is 0.644. The Morgan fingerprint density at radius 3 is 2.72 bits per heavy atom. The number of aromatic nitrogens is 2. The van der Waals surface area contributed by atoms with Crippen LogP contribution in [-0.2, 0) is 17.9 Å². The Bertz CT molecular complexity index is 1140. The van der Waals surface area contributed by atoms with Crippen molar-refractivity contribution in [2.75, 3.05) is 0 Å². The number of rotatable bonds is 6. The molecule has 0 N–H and O–H groups in total. The molecule has 0 radical (unpaired) electrons. The number of aryl methyl sites for hydroxylation is 1. The Balaban J connectivity index is 1.38. The van der Waals surface area contributed by atoms with Crippen LogP contribution in [0, 0.1) is 12.8 Å². The molecule has 2 aliphatic rings. The number of carbonyl (C=O) groups is 1. The third kappa shape index (κ3) is 3.48. The highest BCUT2D eigenvalue weighted by Crippen LogP contribution is 2.47. The first kappa shape index (κ1) is 18.2. The van der Waals surface area contributed by atoms with Crippen LogP contribution in [0.4, 0.5) is 0 Å². The van der Waals surface area contributed by atoms with Gasteiger partial charge in [-0.15, -0.1) is 0 Å². The lowest BCUT2D eigenvalue weighted by atomic mass is 10.2. The summed E-state index contributed by atoms with van der Waals surface area (Å²) in [6.45, 7) is 4.47. The van der Waals surface area contributed by atoms with E-state index in [1.54, 1.807) is 13.0 Å². The van der Waals surface area contributed by atoms with Gasteiger partial charge in [-0.1, -0.05) is 19.1 Å². The smallest absolute Gasteiger partial charge is 0.261 e. The molecule has 2 aliphatic carbocycles. The maximum absolute atomic E-state index is 13.1. The average Bonchev–Trinajstić information content (AvgIpc) is 3.63. The second-order valence-electron chi connectivity index (χ2n) is 8.44. The fraction of sp³-hybridized carbons (Fsp3) is 0.435. The summed E-state index contributed by atoms with van der Waals surface area (Å²) < 4.78 is 7.50. The van der Waals surface area contributed by atoms with Gasteiger partial charge in [0.25, 0.3) is 5.56 Å². The minimum absolute atomic E-state index is 0.00618. The molecular formula is C23H25N3O3. The zero-order valence-electron chi connectivity index (χ0n) is 16.8. The number of hydrogen-bond donors (Lipinski definition) is 0. The lowest BCUT2D eigenvalue weighted by molar-refractivity contribution is -0.133. The third-order valence-corrected chi connectivity index (χ3v) is 6.14. The van der Waals surface area contributed by atoms with Crippen molar-refractivity contribution in [2.45, 2.75) is 58.2 Å². The van der Waals surface area contributed by atoms with E-state index in [1.807, 2.05) is 35.2 Å². The fourth-order valence-electron chi connectivity index (χ4n) is 4.06. The van der Waals surface area contributed by atoms with Crippen LogP contribution >= 0.6 is 0 Å². The molecule has 0 bridgehead atoms. The van der Waals surface area contributed by atoms with Crippen LogP contribution in [0.5, 0.6) is 0 Å². The van der Waals surface area contributed by atoms with E-state index < -0.39 is 0 Å². The van der Waals surface area contributed by atoms with E-state index in [-0.39, 0.29) is 24.1 Å². The fourth-order valence-corrected chi connectivity index (χ4v) is 4.06. The van der Waals surface area contributed by atoms with Crippen LogP contribution in [0.15, 0.2) is 45.6 Å². The van der Waals surface area contributed by atoms with E-state index in [2.05, 4.69) is 11.9 Å². The Kier molecular flexibility index (Phi) is 4.30. The van der Waals surface area contributed by atoms with E-state index in [0.717, 1.165) is 24.4 Å². The van der Waals surface area contributed by atoms with Gasteiger partial charge in [-0.05, 0) is 56.4 Å². The SMILES string of the molecule is Cc1nc2ccccc2c(=O)n1CC(=O)N(Cc1ccc(C2CC2C)o1)C1CC1. The molecule has 2 saturated carbocycles. The Hall–Kier alpha value is -2.89. The molecule has 150 valence electrons. The van der Waals surface area contributed by atoms with Crippen molar-refractivity contribution in [3.63, 3.8) is 0 Å². The van der Waals surface area contributed by atoms with Crippen LogP contribution in [0.2, 0.25) is 0 Å². The highest BCUT2D eigenvalue weighted by atomic mass is 16.3. The third-order valence-electron chi connectivity index (χ3n) is 6.14. The van der Waals surface area contributed by atoms with E-state index in [4.69, 9.17) is 4.42 Å². The van der Waals surface area contributed by atoms with E-state index in [0.29, 0.717) is 35.1 Å². The molecular weight excluding hydrogens is 366 g/mol. The van der Waals surface area contributed by atoms with E-state index in [1.165, 1.54) is 11.0 Å². The van der Waals surface area contributed by atoms with Gasteiger partial charge in [0.2, 0.25) is 5.91 Å². The largest absolute Gasteiger partial charge is 0.464 e. The van der Waals surface area contributed by atoms with Crippen LogP contribution in [0.3, 0.4) is 0 Å². The molecule has 1 aromatic carbocycles. The lowest BCUT2D eigenvalue weighted by Gasteiger charge is -2.22. The van der Waals surface area contributed by atoms with Gasteiger partial charge >= 0.3 is 0 Å². The van der Waals surface area contributed by atoms with Gasteiger partial charge in [0, 0.05) is 12.0 Å². The van der Waals surface area contributed by atoms with E-state index in [9.17, 15) is 9.59 Å².